The molecule has 0 bridgehead atoms. The number of rotatable bonds is 5. The fraction of sp³-hybridized carbons (Fsp3) is 0.227. The molecule has 0 unspecified atom stereocenters. The summed E-state index contributed by atoms with van der Waals surface area (Å²) < 4.78 is 0. The van der Waals surface area contributed by atoms with E-state index in [0.29, 0.717) is 5.56 Å². The van der Waals surface area contributed by atoms with E-state index < -0.39 is 0 Å². The largest absolute Gasteiger partial charge is 0.192 e. The molecule has 0 fully saturated rings. The van der Waals surface area contributed by atoms with Crippen LogP contribution in [0, 0.1) is 11.3 Å². The van der Waals surface area contributed by atoms with E-state index in [9.17, 15) is 0 Å². The summed E-state index contributed by atoms with van der Waals surface area (Å²) in [6.45, 7) is 2.24. The van der Waals surface area contributed by atoms with Gasteiger partial charge in [-0.15, -0.1) is 0 Å². The van der Waals surface area contributed by atoms with Gasteiger partial charge in [0.15, 0.2) is 0 Å². The molecule has 1 heteroatoms. The normalized spacial score (nSPS) is 10.6. The van der Waals surface area contributed by atoms with Gasteiger partial charge in [-0.25, -0.2) is 0 Å². The lowest BCUT2D eigenvalue weighted by Crippen LogP contribution is -1.86. The molecule has 3 aromatic carbocycles. The van der Waals surface area contributed by atoms with E-state index in [-0.39, 0.29) is 0 Å². The van der Waals surface area contributed by atoms with Crippen LogP contribution in [0.5, 0.6) is 0 Å². The van der Waals surface area contributed by atoms with Crippen molar-refractivity contribution in [3.05, 3.63) is 71.8 Å². The lowest BCUT2D eigenvalue weighted by molar-refractivity contribution is 0.717. The topological polar surface area (TPSA) is 23.8 Å². The van der Waals surface area contributed by atoms with E-state index in [1.165, 1.54) is 47.8 Å². The van der Waals surface area contributed by atoms with Crippen molar-refractivity contribution < 1.29 is 0 Å². The Morgan fingerprint density at radius 2 is 1.48 bits per heavy atom. The van der Waals surface area contributed by atoms with Crippen LogP contribution in [0.2, 0.25) is 0 Å². The van der Waals surface area contributed by atoms with Gasteiger partial charge in [0, 0.05) is 0 Å². The highest BCUT2D eigenvalue weighted by Gasteiger charge is 2.02. The molecule has 0 heterocycles. The van der Waals surface area contributed by atoms with Crippen LogP contribution in [0.4, 0.5) is 0 Å². The van der Waals surface area contributed by atoms with Gasteiger partial charge < -0.3 is 0 Å². The van der Waals surface area contributed by atoms with Gasteiger partial charge in [0.25, 0.3) is 0 Å². The first-order valence-electron chi connectivity index (χ1n) is 8.33. The smallest absolute Gasteiger partial charge is 0.0991 e. The fourth-order valence-corrected chi connectivity index (χ4v) is 2.94. The molecule has 0 saturated carbocycles. The van der Waals surface area contributed by atoms with Gasteiger partial charge in [-0.1, -0.05) is 62.2 Å². The minimum atomic E-state index is 0.710. The molecule has 0 aliphatic carbocycles. The highest BCUT2D eigenvalue weighted by Crippen LogP contribution is 2.25. The SMILES string of the molecule is CCCCCc1ccc(-c2ccc3cc(C#N)ccc3c2)cc1. The van der Waals surface area contributed by atoms with Gasteiger partial charge in [-0.3, -0.25) is 0 Å². The first-order valence-corrected chi connectivity index (χ1v) is 8.33. The Kier molecular flexibility index (Phi) is 4.74. The van der Waals surface area contributed by atoms with Crippen molar-refractivity contribution in [2.45, 2.75) is 32.6 Å². The van der Waals surface area contributed by atoms with Gasteiger partial charge in [-0.2, -0.15) is 5.26 Å². The number of fused-ring (bicyclic) bond motifs is 1. The Morgan fingerprint density at radius 3 is 2.22 bits per heavy atom. The quantitative estimate of drug-likeness (QED) is 0.521. The van der Waals surface area contributed by atoms with E-state index in [1.54, 1.807) is 0 Å². The third kappa shape index (κ3) is 3.60. The molecule has 0 saturated heterocycles. The molecular weight excluding hydrogens is 278 g/mol. The summed E-state index contributed by atoms with van der Waals surface area (Å²) in [4.78, 5) is 0. The maximum atomic E-state index is 8.98. The summed E-state index contributed by atoms with van der Waals surface area (Å²) in [6.07, 6.45) is 5.01. The second-order valence-corrected chi connectivity index (χ2v) is 6.04. The highest BCUT2D eigenvalue weighted by molar-refractivity contribution is 5.88. The van der Waals surface area contributed by atoms with Crippen molar-refractivity contribution in [2.75, 3.05) is 0 Å². The van der Waals surface area contributed by atoms with Crippen LogP contribution < -0.4 is 0 Å². The first kappa shape index (κ1) is 15.3. The summed E-state index contributed by atoms with van der Waals surface area (Å²) in [5, 5.41) is 11.3. The maximum absolute atomic E-state index is 8.98. The zero-order valence-electron chi connectivity index (χ0n) is 13.5. The molecule has 114 valence electrons. The molecule has 0 spiro atoms. The highest BCUT2D eigenvalue weighted by atomic mass is 14.2. The molecule has 3 aromatic rings. The van der Waals surface area contributed by atoms with E-state index in [1.807, 2.05) is 18.2 Å². The van der Waals surface area contributed by atoms with Crippen molar-refractivity contribution in [2.24, 2.45) is 0 Å². The van der Waals surface area contributed by atoms with Crippen molar-refractivity contribution in [1.82, 2.24) is 0 Å². The molecule has 1 nitrogen and oxygen atoms in total. The minimum Gasteiger partial charge on any atom is -0.192 e. The molecule has 0 aromatic heterocycles. The lowest BCUT2D eigenvalue weighted by atomic mass is 9.98. The summed E-state index contributed by atoms with van der Waals surface area (Å²) in [5.41, 5.74) is 4.60. The van der Waals surface area contributed by atoms with Crippen molar-refractivity contribution >= 4 is 10.8 Å². The predicted octanol–water partition coefficient (Wildman–Crippen LogP) is 6.11. The predicted molar refractivity (Wildman–Crippen MR) is 97.3 cm³/mol. The summed E-state index contributed by atoms with van der Waals surface area (Å²) in [7, 11) is 0. The molecule has 23 heavy (non-hydrogen) atoms. The zero-order valence-corrected chi connectivity index (χ0v) is 13.5. The number of aryl methyl sites for hydroxylation is 1. The number of nitrogens with zero attached hydrogens (tertiary/aromatic N) is 1. The third-order valence-electron chi connectivity index (χ3n) is 4.33. The number of unbranched alkanes of at least 4 members (excludes halogenated alkanes) is 2. The molecule has 0 N–H and O–H groups in total. The molecule has 3 rings (SSSR count). The van der Waals surface area contributed by atoms with Crippen molar-refractivity contribution in [3.8, 4) is 17.2 Å². The Labute approximate surface area is 138 Å². The monoisotopic (exact) mass is 299 g/mol. The van der Waals surface area contributed by atoms with E-state index >= 15 is 0 Å². The number of hydrogen-bond donors (Lipinski definition) is 0. The van der Waals surface area contributed by atoms with E-state index in [0.717, 1.165) is 5.39 Å². The first-order chi connectivity index (χ1) is 11.3. The lowest BCUT2D eigenvalue weighted by Gasteiger charge is -2.06. The summed E-state index contributed by atoms with van der Waals surface area (Å²) >= 11 is 0. The molecule has 0 radical (unpaired) electrons. The van der Waals surface area contributed by atoms with Crippen LogP contribution in [0.1, 0.15) is 37.3 Å². The Balaban J connectivity index is 1.83. The van der Waals surface area contributed by atoms with E-state index in [4.69, 9.17) is 5.26 Å². The number of nitriles is 1. The fourth-order valence-electron chi connectivity index (χ4n) is 2.94. The van der Waals surface area contributed by atoms with Crippen molar-refractivity contribution in [3.63, 3.8) is 0 Å². The summed E-state index contributed by atoms with van der Waals surface area (Å²) in [5.74, 6) is 0. The van der Waals surface area contributed by atoms with Gasteiger partial charge in [0.2, 0.25) is 0 Å². The Morgan fingerprint density at radius 1 is 0.783 bits per heavy atom. The van der Waals surface area contributed by atoms with Gasteiger partial charge >= 0.3 is 0 Å². The molecule has 0 atom stereocenters. The van der Waals surface area contributed by atoms with Crippen LogP contribution >= 0.6 is 0 Å². The summed E-state index contributed by atoms with van der Waals surface area (Å²) in [6, 6.07) is 23.4. The average Bonchev–Trinajstić information content (AvgIpc) is 2.61. The van der Waals surface area contributed by atoms with Crippen molar-refractivity contribution in [1.29, 1.82) is 5.26 Å². The number of hydrogen-bond acceptors (Lipinski definition) is 1. The van der Waals surface area contributed by atoms with Gasteiger partial charge in [0.1, 0.15) is 0 Å². The molecular formula is C22H21N. The van der Waals surface area contributed by atoms with Gasteiger partial charge in [0.05, 0.1) is 11.6 Å². The number of benzene rings is 3. The molecule has 0 aliphatic heterocycles. The van der Waals surface area contributed by atoms with Crippen LogP contribution in [0.15, 0.2) is 60.7 Å². The minimum absolute atomic E-state index is 0.710. The second kappa shape index (κ2) is 7.11. The van der Waals surface area contributed by atoms with Gasteiger partial charge in [-0.05, 0) is 58.5 Å². The Bertz CT molecular complexity index is 838. The van der Waals surface area contributed by atoms with Crippen LogP contribution in [0.25, 0.3) is 21.9 Å². The zero-order chi connectivity index (χ0) is 16.1. The molecule has 0 aliphatic rings. The Hall–Kier alpha value is -2.59. The van der Waals surface area contributed by atoms with E-state index in [2.05, 4.69) is 55.5 Å². The second-order valence-electron chi connectivity index (χ2n) is 6.04. The van der Waals surface area contributed by atoms with Crippen LogP contribution in [0.3, 0.4) is 0 Å². The van der Waals surface area contributed by atoms with Crippen LogP contribution in [-0.2, 0) is 6.42 Å². The average molecular weight is 299 g/mol. The third-order valence-corrected chi connectivity index (χ3v) is 4.33. The van der Waals surface area contributed by atoms with Crippen LogP contribution in [-0.4, -0.2) is 0 Å². The maximum Gasteiger partial charge on any atom is 0.0991 e. The standard InChI is InChI=1S/C22H21N/c1-2-3-4-5-17-6-9-19(10-7-17)21-13-12-20-14-18(16-23)8-11-22(20)15-21/h6-15H,2-5H2,1H3. The molecule has 0 amide bonds.